The second kappa shape index (κ2) is 11.2. The van der Waals surface area contributed by atoms with Crippen molar-refractivity contribution in [3.63, 3.8) is 0 Å². The van der Waals surface area contributed by atoms with Gasteiger partial charge in [0.2, 0.25) is 0 Å². The number of hydrogen-bond acceptors (Lipinski definition) is 7. The molecule has 0 unspecified atom stereocenters. The van der Waals surface area contributed by atoms with Gasteiger partial charge in [0, 0.05) is 6.42 Å². The summed E-state index contributed by atoms with van der Waals surface area (Å²) in [6.45, 7) is 6.13. The van der Waals surface area contributed by atoms with E-state index < -0.39 is 15.7 Å². The summed E-state index contributed by atoms with van der Waals surface area (Å²) >= 11 is 0. The number of carbonyl (C=O) groups is 1. The largest absolute Gasteiger partial charge is 0.494 e. The molecule has 1 aromatic carbocycles. The topological polar surface area (TPSA) is 88.1 Å². The average molecular weight is 453 g/mol. The summed E-state index contributed by atoms with van der Waals surface area (Å²) in [6, 6.07) is 6.51. The molecule has 7 nitrogen and oxygen atoms in total. The Hall–Kier alpha value is -2.48. The molecule has 0 bridgehead atoms. The first kappa shape index (κ1) is 24.8. The van der Waals surface area contributed by atoms with Gasteiger partial charge in [0.05, 0.1) is 25.2 Å². The van der Waals surface area contributed by atoms with Crippen molar-refractivity contribution in [3.8, 4) is 11.5 Å². The summed E-state index contributed by atoms with van der Waals surface area (Å²) in [5.41, 5.74) is 0.364. The molecule has 0 aromatic heterocycles. The molecule has 0 spiro atoms. The number of hydrogen-bond donors (Lipinski definition) is 0. The van der Waals surface area contributed by atoms with Crippen LogP contribution in [-0.4, -0.2) is 39.5 Å². The Bertz CT molecular complexity index is 896. The van der Waals surface area contributed by atoms with Crippen LogP contribution in [0.15, 0.2) is 47.7 Å². The maximum absolute atomic E-state index is 11.9. The lowest BCUT2D eigenvalue weighted by atomic mass is 9.98. The summed E-state index contributed by atoms with van der Waals surface area (Å²) < 4.78 is 43.6. The van der Waals surface area contributed by atoms with Gasteiger partial charge in [-0.25, -0.2) is 4.79 Å². The molecule has 0 N–H and O–H groups in total. The standard InChI is InChI=1S/C23H32O7S/c1-5-27-22(24)23(2,3)29-20-11-9-18(10-12-20)8-6-7-17-28-19-13-15-21(16-14-19)30-31(4,25)26/h9,11,13-16H,5-8,10,12,17H2,1-4H3. The molecule has 0 aliphatic heterocycles. The fourth-order valence-corrected chi connectivity index (χ4v) is 3.50. The van der Waals surface area contributed by atoms with Crippen LogP contribution in [-0.2, 0) is 24.4 Å². The molecular weight excluding hydrogens is 420 g/mol. The predicted molar refractivity (Wildman–Crippen MR) is 118 cm³/mol. The van der Waals surface area contributed by atoms with Crippen molar-refractivity contribution >= 4 is 16.1 Å². The summed E-state index contributed by atoms with van der Waals surface area (Å²) in [5, 5.41) is 0. The van der Waals surface area contributed by atoms with Crippen LogP contribution in [0.2, 0.25) is 0 Å². The van der Waals surface area contributed by atoms with Crippen LogP contribution in [0, 0.1) is 0 Å². The molecule has 0 saturated heterocycles. The minimum absolute atomic E-state index is 0.265. The molecule has 0 amide bonds. The Balaban J connectivity index is 1.69. The van der Waals surface area contributed by atoms with Crippen molar-refractivity contribution in [2.45, 2.75) is 58.5 Å². The van der Waals surface area contributed by atoms with Crippen LogP contribution in [0.3, 0.4) is 0 Å². The summed E-state index contributed by atoms with van der Waals surface area (Å²) in [4.78, 5) is 11.9. The van der Waals surface area contributed by atoms with Crippen molar-refractivity contribution in [1.29, 1.82) is 0 Å². The summed E-state index contributed by atoms with van der Waals surface area (Å²) in [7, 11) is -3.52. The maximum atomic E-state index is 11.9. The lowest BCUT2D eigenvalue weighted by Crippen LogP contribution is -2.36. The van der Waals surface area contributed by atoms with Crippen LogP contribution in [0.5, 0.6) is 11.5 Å². The third kappa shape index (κ3) is 9.04. The SMILES string of the molecule is CCOC(=O)C(C)(C)OC1=CC=C(CCCCOc2ccc(OS(C)(=O)=O)cc2)CC1. The van der Waals surface area contributed by atoms with Crippen LogP contribution < -0.4 is 8.92 Å². The van der Waals surface area contributed by atoms with Crippen molar-refractivity contribution in [2.24, 2.45) is 0 Å². The lowest BCUT2D eigenvalue weighted by molar-refractivity contribution is -0.163. The Morgan fingerprint density at radius 2 is 1.71 bits per heavy atom. The van der Waals surface area contributed by atoms with Crippen LogP contribution in [0.25, 0.3) is 0 Å². The first-order chi connectivity index (χ1) is 14.6. The fraction of sp³-hybridized carbons (Fsp3) is 0.522. The quantitative estimate of drug-likeness (QED) is 0.261. The van der Waals surface area contributed by atoms with E-state index in [4.69, 9.17) is 18.4 Å². The fourth-order valence-electron chi connectivity index (χ4n) is 3.04. The molecular formula is C23H32O7S. The van der Waals surface area contributed by atoms with Crippen molar-refractivity contribution in [1.82, 2.24) is 0 Å². The second-order valence-electron chi connectivity index (χ2n) is 7.86. The number of esters is 1. The molecule has 8 heteroatoms. The van der Waals surface area contributed by atoms with Gasteiger partial charge in [-0.3, -0.25) is 0 Å². The van der Waals surface area contributed by atoms with Gasteiger partial charge in [0.25, 0.3) is 0 Å². The molecule has 0 fully saturated rings. The molecule has 0 saturated carbocycles. The Kier molecular flexibility index (Phi) is 8.98. The predicted octanol–water partition coefficient (Wildman–Crippen LogP) is 4.54. The first-order valence-corrected chi connectivity index (χ1v) is 12.3. The van der Waals surface area contributed by atoms with Crippen molar-refractivity contribution in [2.75, 3.05) is 19.5 Å². The molecule has 0 atom stereocenters. The van der Waals surface area contributed by atoms with E-state index in [1.54, 1.807) is 45.0 Å². The second-order valence-corrected chi connectivity index (χ2v) is 9.43. The van der Waals surface area contributed by atoms with Gasteiger partial charge in [-0.05, 0) is 76.8 Å². The monoisotopic (exact) mass is 452 g/mol. The molecule has 1 aliphatic carbocycles. The third-order valence-corrected chi connectivity index (χ3v) is 5.08. The smallest absolute Gasteiger partial charge is 0.349 e. The highest BCUT2D eigenvalue weighted by Gasteiger charge is 2.32. The van der Waals surface area contributed by atoms with Gasteiger partial charge in [-0.2, -0.15) is 8.42 Å². The van der Waals surface area contributed by atoms with E-state index in [2.05, 4.69) is 6.08 Å². The summed E-state index contributed by atoms with van der Waals surface area (Å²) in [6.07, 6.45) is 9.59. The van der Waals surface area contributed by atoms with E-state index in [9.17, 15) is 13.2 Å². The minimum atomic E-state index is -3.52. The van der Waals surface area contributed by atoms with Crippen LogP contribution in [0.4, 0.5) is 0 Å². The van der Waals surface area contributed by atoms with Crippen LogP contribution >= 0.6 is 0 Å². The molecule has 172 valence electrons. The van der Waals surface area contributed by atoms with E-state index in [0.29, 0.717) is 19.0 Å². The highest BCUT2D eigenvalue weighted by molar-refractivity contribution is 7.86. The third-order valence-electron chi connectivity index (χ3n) is 4.58. The number of benzene rings is 1. The highest BCUT2D eigenvalue weighted by atomic mass is 32.2. The number of unbranched alkanes of at least 4 members (excludes halogenated alkanes) is 1. The zero-order valence-corrected chi connectivity index (χ0v) is 19.5. The summed E-state index contributed by atoms with van der Waals surface area (Å²) in [5.74, 6) is 1.38. The minimum Gasteiger partial charge on any atom is -0.494 e. The molecule has 0 heterocycles. The first-order valence-electron chi connectivity index (χ1n) is 10.5. The van der Waals surface area contributed by atoms with E-state index in [-0.39, 0.29) is 11.7 Å². The van der Waals surface area contributed by atoms with Gasteiger partial charge in [-0.1, -0.05) is 11.6 Å². The Morgan fingerprint density at radius 1 is 1.03 bits per heavy atom. The average Bonchev–Trinajstić information content (AvgIpc) is 2.69. The lowest BCUT2D eigenvalue weighted by Gasteiger charge is -2.27. The normalized spacial score (nSPS) is 14.3. The van der Waals surface area contributed by atoms with Crippen molar-refractivity contribution < 1.29 is 31.6 Å². The number of rotatable bonds is 12. The van der Waals surface area contributed by atoms with E-state index in [1.807, 2.05) is 6.08 Å². The van der Waals surface area contributed by atoms with Gasteiger partial charge in [0.15, 0.2) is 5.60 Å². The number of ether oxygens (including phenoxy) is 3. The Morgan fingerprint density at radius 3 is 2.29 bits per heavy atom. The van der Waals surface area contributed by atoms with E-state index >= 15 is 0 Å². The molecule has 0 radical (unpaired) electrons. The molecule has 1 aliphatic rings. The van der Waals surface area contributed by atoms with Crippen molar-refractivity contribution in [3.05, 3.63) is 47.7 Å². The van der Waals surface area contributed by atoms with Gasteiger partial charge in [-0.15, -0.1) is 0 Å². The number of carbonyl (C=O) groups excluding carboxylic acids is 1. The van der Waals surface area contributed by atoms with E-state index in [0.717, 1.165) is 44.1 Å². The van der Waals surface area contributed by atoms with Gasteiger partial charge >= 0.3 is 16.1 Å². The van der Waals surface area contributed by atoms with E-state index in [1.165, 1.54) is 5.57 Å². The molecule has 1 aromatic rings. The molecule has 31 heavy (non-hydrogen) atoms. The Labute approximate surface area is 185 Å². The maximum Gasteiger partial charge on any atom is 0.349 e. The highest BCUT2D eigenvalue weighted by Crippen LogP contribution is 2.27. The zero-order chi connectivity index (χ0) is 22.9. The van der Waals surface area contributed by atoms with Gasteiger partial charge in [0.1, 0.15) is 11.5 Å². The number of allylic oxidation sites excluding steroid dienone is 4. The zero-order valence-electron chi connectivity index (χ0n) is 18.7. The van der Waals surface area contributed by atoms with Crippen LogP contribution in [0.1, 0.15) is 52.9 Å². The molecule has 2 rings (SSSR count). The van der Waals surface area contributed by atoms with Gasteiger partial charge < -0.3 is 18.4 Å².